The number of hydrogen-bond donors (Lipinski definition) is 2. The van der Waals surface area contributed by atoms with Crippen LogP contribution in [0.4, 0.5) is 5.69 Å². The fourth-order valence-electron chi connectivity index (χ4n) is 2.11. The van der Waals surface area contributed by atoms with Crippen LogP contribution in [-0.4, -0.2) is 31.6 Å². The second-order valence-corrected chi connectivity index (χ2v) is 5.02. The number of primary amides is 1. The summed E-state index contributed by atoms with van der Waals surface area (Å²) in [5.41, 5.74) is 6.24. The highest BCUT2D eigenvalue weighted by Gasteiger charge is 2.10. The molecule has 2 amide bonds. The predicted octanol–water partition coefficient (Wildman–Crippen LogP) is 1.32. The van der Waals surface area contributed by atoms with Gasteiger partial charge in [-0.15, -0.1) is 10.2 Å². The number of nitrogens with two attached hydrogens (primary N) is 1. The first-order chi connectivity index (χ1) is 11.5. The molecular formula is C16H14N6O2. The number of nitrogens with one attached hydrogen (secondary N) is 1. The van der Waals surface area contributed by atoms with E-state index >= 15 is 0 Å². The second kappa shape index (κ2) is 6.29. The average Bonchev–Trinajstić information content (AvgIpc) is 3.01. The molecule has 0 aliphatic carbocycles. The number of carbonyl (C=O) groups is 2. The van der Waals surface area contributed by atoms with Crippen LogP contribution in [0.15, 0.2) is 48.8 Å². The molecule has 3 aromatic rings. The van der Waals surface area contributed by atoms with Crippen LogP contribution in [0.25, 0.3) is 5.82 Å². The van der Waals surface area contributed by atoms with Gasteiger partial charge in [0.15, 0.2) is 11.5 Å². The normalized spacial score (nSPS) is 10.4. The highest BCUT2D eigenvalue weighted by molar-refractivity contribution is 6.03. The van der Waals surface area contributed by atoms with Crippen molar-refractivity contribution in [1.29, 1.82) is 0 Å². The molecule has 8 heteroatoms. The topological polar surface area (TPSA) is 116 Å². The summed E-state index contributed by atoms with van der Waals surface area (Å²) in [5, 5.41) is 10.6. The Morgan fingerprint density at radius 1 is 1.08 bits per heavy atom. The number of amides is 2. The number of rotatable bonds is 4. The van der Waals surface area contributed by atoms with Crippen molar-refractivity contribution in [3.8, 4) is 5.82 Å². The van der Waals surface area contributed by atoms with Gasteiger partial charge >= 0.3 is 0 Å². The van der Waals surface area contributed by atoms with Crippen LogP contribution >= 0.6 is 0 Å². The molecular weight excluding hydrogens is 308 g/mol. The van der Waals surface area contributed by atoms with Crippen LogP contribution in [0.5, 0.6) is 0 Å². The van der Waals surface area contributed by atoms with Gasteiger partial charge < -0.3 is 11.1 Å². The summed E-state index contributed by atoms with van der Waals surface area (Å²) in [7, 11) is 0. The maximum atomic E-state index is 12.2. The molecule has 2 aromatic heterocycles. The van der Waals surface area contributed by atoms with E-state index in [2.05, 4.69) is 20.5 Å². The lowest BCUT2D eigenvalue weighted by Crippen LogP contribution is -2.15. The van der Waals surface area contributed by atoms with E-state index in [1.165, 1.54) is 12.1 Å². The molecule has 0 aliphatic rings. The zero-order chi connectivity index (χ0) is 17.1. The summed E-state index contributed by atoms with van der Waals surface area (Å²) >= 11 is 0. The lowest BCUT2D eigenvalue weighted by molar-refractivity contribution is 0.0997. The van der Waals surface area contributed by atoms with E-state index in [1.807, 2.05) is 6.92 Å². The molecule has 0 atom stereocenters. The number of aromatic nitrogens is 4. The Kier molecular flexibility index (Phi) is 4.02. The van der Waals surface area contributed by atoms with Gasteiger partial charge in [-0.3, -0.25) is 14.2 Å². The van der Waals surface area contributed by atoms with Crippen molar-refractivity contribution in [2.75, 3.05) is 5.32 Å². The van der Waals surface area contributed by atoms with Gasteiger partial charge in [-0.25, -0.2) is 4.98 Å². The van der Waals surface area contributed by atoms with Crippen LogP contribution in [0.1, 0.15) is 26.7 Å². The lowest BCUT2D eigenvalue weighted by atomic mass is 10.2. The van der Waals surface area contributed by atoms with E-state index in [-0.39, 0.29) is 5.69 Å². The first-order valence-electron chi connectivity index (χ1n) is 7.10. The monoisotopic (exact) mass is 322 g/mol. The quantitative estimate of drug-likeness (QED) is 0.751. The molecule has 1 aromatic carbocycles. The van der Waals surface area contributed by atoms with Crippen LogP contribution in [-0.2, 0) is 0 Å². The number of hydrogen-bond acceptors (Lipinski definition) is 5. The van der Waals surface area contributed by atoms with Crippen molar-refractivity contribution in [3.05, 3.63) is 65.9 Å². The van der Waals surface area contributed by atoms with Crippen molar-refractivity contribution in [2.45, 2.75) is 6.92 Å². The molecule has 0 radical (unpaired) electrons. The van der Waals surface area contributed by atoms with Crippen LogP contribution in [0, 0.1) is 6.92 Å². The van der Waals surface area contributed by atoms with E-state index < -0.39 is 11.8 Å². The molecule has 8 nitrogen and oxygen atoms in total. The van der Waals surface area contributed by atoms with Gasteiger partial charge in [0.05, 0.1) is 0 Å². The van der Waals surface area contributed by atoms with E-state index in [9.17, 15) is 9.59 Å². The zero-order valence-corrected chi connectivity index (χ0v) is 12.8. The minimum atomic E-state index is -0.524. The summed E-state index contributed by atoms with van der Waals surface area (Å²) in [5.74, 6) is 0.427. The SMILES string of the molecule is Cc1nccn1-c1ccc(C(=O)Nc2ccc(C(N)=O)cc2)nn1. The fraction of sp³-hybridized carbons (Fsp3) is 0.0625. The smallest absolute Gasteiger partial charge is 0.276 e. The highest BCUT2D eigenvalue weighted by atomic mass is 16.2. The van der Waals surface area contributed by atoms with Gasteiger partial charge in [0.25, 0.3) is 5.91 Å². The van der Waals surface area contributed by atoms with Crippen molar-refractivity contribution in [2.24, 2.45) is 5.73 Å². The minimum Gasteiger partial charge on any atom is -0.366 e. The number of carbonyl (C=O) groups excluding carboxylic acids is 2. The van der Waals surface area contributed by atoms with Crippen molar-refractivity contribution in [1.82, 2.24) is 19.7 Å². The summed E-state index contributed by atoms with van der Waals surface area (Å²) in [6.45, 7) is 1.85. The largest absolute Gasteiger partial charge is 0.366 e. The van der Waals surface area contributed by atoms with Gasteiger partial charge in [0.1, 0.15) is 5.82 Å². The van der Waals surface area contributed by atoms with Crippen LogP contribution in [0.3, 0.4) is 0 Å². The van der Waals surface area contributed by atoms with Crippen LogP contribution < -0.4 is 11.1 Å². The number of benzene rings is 1. The Bertz CT molecular complexity index is 884. The molecule has 2 heterocycles. The van der Waals surface area contributed by atoms with Crippen molar-refractivity contribution in [3.63, 3.8) is 0 Å². The number of nitrogens with zero attached hydrogens (tertiary/aromatic N) is 4. The van der Waals surface area contributed by atoms with Crippen LogP contribution in [0.2, 0.25) is 0 Å². The van der Waals surface area contributed by atoms with Gasteiger partial charge in [-0.05, 0) is 43.3 Å². The van der Waals surface area contributed by atoms with Crippen molar-refractivity contribution < 1.29 is 9.59 Å². The molecule has 0 fully saturated rings. The third kappa shape index (κ3) is 3.12. The third-order valence-electron chi connectivity index (χ3n) is 3.38. The molecule has 0 aliphatic heterocycles. The van der Waals surface area contributed by atoms with Gasteiger partial charge in [0.2, 0.25) is 5.91 Å². The minimum absolute atomic E-state index is 0.176. The Labute approximate surface area is 137 Å². The average molecular weight is 322 g/mol. The van der Waals surface area contributed by atoms with E-state index in [1.54, 1.807) is 41.2 Å². The highest BCUT2D eigenvalue weighted by Crippen LogP contribution is 2.11. The second-order valence-electron chi connectivity index (χ2n) is 5.02. The molecule has 0 bridgehead atoms. The predicted molar refractivity (Wildman–Crippen MR) is 86.8 cm³/mol. The number of aryl methyl sites for hydroxylation is 1. The summed E-state index contributed by atoms with van der Waals surface area (Å²) in [4.78, 5) is 27.3. The van der Waals surface area contributed by atoms with E-state index in [4.69, 9.17) is 5.73 Å². The third-order valence-corrected chi connectivity index (χ3v) is 3.38. The molecule has 0 saturated carbocycles. The summed E-state index contributed by atoms with van der Waals surface area (Å²) in [6.07, 6.45) is 3.42. The van der Waals surface area contributed by atoms with Gasteiger partial charge in [0, 0.05) is 23.6 Å². The first-order valence-corrected chi connectivity index (χ1v) is 7.10. The maximum absolute atomic E-state index is 12.2. The molecule has 0 saturated heterocycles. The lowest BCUT2D eigenvalue weighted by Gasteiger charge is -2.06. The van der Waals surface area contributed by atoms with E-state index in [0.29, 0.717) is 17.1 Å². The molecule has 24 heavy (non-hydrogen) atoms. The van der Waals surface area contributed by atoms with E-state index in [0.717, 1.165) is 5.82 Å². The first kappa shape index (κ1) is 15.3. The van der Waals surface area contributed by atoms with Gasteiger partial charge in [-0.2, -0.15) is 0 Å². The Balaban J connectivity index is 1.73. The maximum Gasteiger partial charge on any atom is 0.276 e. The summed E-state index contributed by atoms with van der Waals surface area (Å²) in [6, 6.07) is 9.52. The van der Waals surface area contributed by atoms with Gasteiger partial charge in [-0.1, -0.05) is 0 Å². The fourth-order valence-corrected chi connectivity index (χ4v) is 2.11. The van der Waals surface area contributed by atoms with Crippen molar-refractivity contribution >= 4 is 17.5 Å². The number of anilines is 1. The Morgan fingerprint density at radius 2 is 1.83 bits per heavy atom. The number of imidazole rings is 1. The Morgan fingerprint density at radius 3 is 2.38 bits per heavy atom. The molecule has 3 rings (SSSR count). The molecule has 3 N–H and O–H groups in total. The molecule has 0 spiro atoms. The molecule has 120 valence electrons. The zero-order valence-electron chi connectivity index (χ0n) is 12.8. The standard InChI is InChI=1S/C16H14N6O2/c1-10-18-8-9-22(10)14-7-6-13(20-21-14)16(24)19-12-4-2-11(3-5-12)15(17)23/h2-9H,1H3,(H2,17,23)(H,19,24). The Hall–Kier alpha value is -3.55. The molecule has 0 unspecified atom stereocenters. The summed E-state index contributed by atoms with van der Waals surface area (Å²) < 4.78 is 1.76.